The van der Waals surface area contributed by atoms with E-state index in [1.165, 1.54) is 6.07 Å². The van der Waals surface area contributed by atoms with E-state index in [0.29, 0.717) is 0 Å². The Morgan fingerprint density at radius 2 is 2.00 bits per heavy atom. The first-order chi connectivity index (χ1) is 7.09. The number of hydrogen-bond donors (Lipinski definition) is 0. The molecule has 0 aliphatic carbocycles. The lowest BCUT2D eigenvalue weighted by Crippen LogP contribution is -2.24. The van der Waals surface area contributed by atoms with E-state index in [-0.39, 0.29) is 0 Å². The van der Waals surface area contributed by atoms with Crippen molar-refractivity contribution in [3.05, 3.63) is 40.7 Å². The fourth-order valence-electron chi connectivity index (χ4n) is 0.599. The molecule has 0 bridgehead atoms. The fraction of sp³-hybridized carbons (Fsp3) is 0.222. The summed E-state index contributed by atoms with van der Waals surface area (Å²) in [5.74, 6) is -0.734. The predicted octanol–water partition coefficient (Wildman–Crippen LogP) is 0.826. The average molecular weight is 207 g/mol. The minimum Gasteiger partial charge on any atom is -0.291 e. The third-order valence-corrected chi connectivity index (χ3v) is 1.28. The number of aromatic nitrogens is 1. The van der Waals surface area contributed by atoms with Crippen molar-refractivity contribution in [2.45, 2.75) is 13.0 Å². The van der Waals surface area contributed by atoms with Gasteiger partial charge in [0.05, 0.1) is 0 Å². The number of carbonyl (C=O) groups is 1. The highest BCUT2D eigenvalue weighted by Crippen LogP contribution is 1.87. The number of rotatable bonds is 2. The summed E-state index contributed by atoms with van der Waals surface area (Å²) in [6.07, 6.45) is 3.50. The van der Waals surface area contributed by atoms with E-state index in [0.717, 1.165) is 6.92 Å². The molecule has 0 aliphatic rings. The summed E-state index contributed by atoms with van der Waals surface area (Å²) >= 11 is 0. The van der Waals surface area contributed by atoms with Crippen molar-refractivity contribution >= 4 is 5.78 Å². The van der Waals surface area contributed by atoms with Crippen LogP contribution in [-0.2, 0) is 4.79 Å². The first kappa shape index (κ1) is 12.7. The summed E-state index contributed by atoms with van der Waals surface area (Å²) in [6.45, 7) is 1.01. The van der Waals surface area contributed by atoms with Crippen molar-refractivity contribution in [2.75, 3.05) is 0 Å². The van der Waals surface area contributed by atoms with Gasteiger partial charge in [-0.25, -0.2) is 0 Å². The molecule has 0 N–H and O–H groups in total. The topological polar surface area (TPSA) is 96.9 Å². The van der Waals surface area contributed by atoms with Crippen LogP contribution in [-0.4, -0.2) is 21.7 Å². The van der Waals surface area contributed by atoms with E-state index in [2.05, 4.69) is 4.98 Å². The normalized spacial score (nSPS) is 10.1. The second kappa shape index (κ2) is 7.15. The molecule has 6 heteroatoms. The zero-order chi connectivity index (χ0) is 11.7. The third kappa shape index (κ3) is 5.87. The second-order valence-corrected chi connectivity index (χ2v) is 2.45. The largest absolute Gasteiger partial charge is 0.353 e. The Hall–Kier alpha value is -2.29. The van der Waals surface area contributed by atoms with Gasteiger partial charge < -0.3 is 0 Å². The predicted molar refractivity (Wildman–Crippen MR) is 51.3 cm³/mol. The van der Waals surface area contributed by atoms with Crippen LogP contribution in [0, 0.1) is 21.4 Å². The number of pyridine rings is 1. The van der Waals surface area contributed by atoms with E-state index < -0.39 is 16.7 Å². The summed E-state index contributed by atoms with van der Waals surface area (Å²) in [6, 6.07) is 5.28. The molecule has 0 radical (unpaired) electrons. The molecular formula is C9H9N3O3. The molecule has 6 nitrogen and oxygen atoms in total. The summed E-state index contributed by atoms with van der Waals surface area (Å²) < 4.78 is 0. The van der Waals surface area contributed by atoms with Gasteiger partial charge in [0, 0.05) is 24.2 Å². The Bertz CT molecular complexity index is 318. The fourth-order valence-corrected chi connectivity index (χ4v) is 0.599. The maximum atomic E-state index is 10.2. The molecule has 1 aromatic rings. The van der Waals surface area contributed by atoms with E-state index >= 15 is 0 Å². The van der Waals surface area contributed by atoms with Crippen LogP contribution in [0.2, 0.25) is 0 Å². The van der Waals surface area contributed by atoms with Crippen LogP contribution in [0.25, 0.3) is 0 Å². The number of hydrogen-bond acceptors (Lipinski definition) is 5. The molecule has 1 aromatic heterocycles. The quantitative estimate of drug-likeness (QED) is 0.528. The molecule has 0 fully saturated rings. The molecule has 0 saturated heterocycles. The summed E-state index contributed by atoms with van der Waals surface area (Å²) in [4.78, 5) is 22.8. The van der Waals surface area contributed by atoms with E-state index in [1.807, 2.05) is 18.2 Å². The number of nitriles is 1. The Kier molecular flexibility index (Phi) is 6.06. The molecule has 0 saturated carbocycles. The van der Waals surface area contributed by atoms with Gasteiger partial charge in [-0.2, -0.15) is 5.26 Å². The number of carbonyl (C=O) groups excluding carboxylic acids is 1. The van der Waals surface area contributed by atoms with Gasteiger partial charge in [0.25, 0.3) is 0 Å². The van der Waals surface area contributed by atoms with Crippen LogP contribution in [0.1, 0.15) is 6.92 Å². The molecule has 1 atom stereocenters. The van der Waals surface area contributed by atoms with Gasteiger partial charge in [0.1, 0.15) is 0 Å². The van der Waals surface area contributed by atoms with Gasteiger partial charge >= 0.3 is 6.04 Å². The maximum absolute atomic E-state index is 10.2. The van der Waals surface area contributed by atoms with Crippen LogP contribution in [0.15, 0.2) is 30.6 Å². The third-order valence-electron chi connectivity index (χ3n) is 1.28. The highest BCUT2D eigenvalue weighted by atomic mass is 16.6. The zero-order valence-corrected chi connectivity index (χ0v) is 8.03. The molecule has 15 heavy (non-hydrogen) atoms. The molecule has 1 rings (SSSR count). The van der Waals surface area contributed by atoms with Gasteiger partial charge in [0.2, 0.25) is 5.78 Å². The second-order valence-electron chi connectivity index (χ2n) is 2.45. The average Bonchev–Trinajstić information content (AvgIpc) is 2.21. The van der Waals surface area contributed by atoms with Crippen LogP contribution < -0.4 is 0 Å². The first-order valence-electron chi connectivity index (χ1n) is 3.98. The molecule has 1 unspecified atom stereocenters. The molecule has 0 amide bonds. The van der Waals surface area contributed by atoms with Gasteiger partial charge in [-0.3, -0.25) is 19.9 Å². The minimum absolute atomic E-state index is 0.734. The van der Waals surface area contributed by atoms with Crippen LogP contribution >= 0.6 is 0 Å². The highest BCUT2D eigenvalue weighted by Gasteiger charge is 2.23. The monoisotopic (exact) mass is 207 g/mol. The van der Waals surface area contributed by atoms with Gasteiger partial charge in [0.15, 0.2) is 6.07 Å². The van der Waals surface area contributed by atoms with Crippen LogP contribution in [0.4, 0.5) is 0 Å². The van der Waals surface area contributed by atoms with E-state index in [4.69, 9.17) is 5.26 Å². The molecule has 0 aromatic carbocycles. The Labute approximate surface area is 86.3 Å². The minimum atomic E-state index is -1.69. The molecule has 78 valence electrons. The van der Waals surface area contributed by atoms with E-state index in [1.54, 1.807) is 12.4 Å². The molecular weight excluding hydrogens is 198 g/mol. The van der Waals surface area contributed by atoms with Crippen molar-refractivity contribution in [1.29, 1.82) is 5.26 Å². The SMILES string of the molecule is CC(=O)C(C#N)[N+](=O)[O-].c1ccncc1. The summed E-state index contributed by atoms with van der Waals surface area (Å²) in [5.41, 5.74) is 0. The molecule has 1 heterocycles. The van der Waals surface area contributed by atoms with Crippen molar-refractivity contribution in [3.63, 3.8) is 0 Å². The number of ketones is 1. The Morgan fingerprint density at radius 1 is 1.47 bits per heavy atom. The highest BCUT2D eigenvalue weighted by molar-refractivity contribution is 5.82. The maximum Gasteiger partial charge on any atom is 0.353 e. The van der Waals surface area contributed by atoms with Crippen molar-refractivity contribution in [3.8, 4) is 6.07 Å². The summed E-state index contributed by atoms with van der Waals surface area (Å²) in [5, 5.41) is 17.7. The lowest BCUT2D eigenvalue weighted by Gasteiger charge is -1.91. The number of nitro groups is 1. The van der Waals surface area contributed by atoms with Crippen LogP contribution in [0.5, 0.6) is 0 Å². The first-order valence-corrected chi connectivity index (χ1v) is 3.98. The van der Waals surface area contributed by atoms with Gasteiger partial charge in [-0.1, -0.05) is 6.07 Å². The van der Waals surface area contributed by atoms with Gasteiger partial charge in [-0.15, -0.1) is 0 Å². The lowest BCUT2D eigenvalue weighted by molar-refractivity contribution is -0.492. The van der Waals surface area contributed by atoms with Crippen LogP contribution in [0.3, 0.4) is 0 Å². The van der Waals surface area contributed by atoms with Gasteiger partial charge in [-0.05, 0) is 12.1 Å². The Balaban J connectivity index is 0.000000280. The lowest BCUT2D eigenvalue weighted by atomic mass is 10.2. The summed E-state index contributed by atoms with van der Waals surface area (Å²) in [7, 11) is 0. The number of nitrogens with zero attached hydrogens (tertiary/aromatic N) is 3. The van der Waals surface area contributed by atoms with E-state index in [9.17, 15) is 14.9 Å². The van der Waals surface area contributed by atoms with Crippen molar-refractivity contribution in [2.24, 2.45) is 0 Å². The number of Topliss-reactive ketones (excluding diaryl/α,β-unsaturated/α-hetero) is 1. The van der Waals surface area contributed by atoms with Crippen molar-refractivity contribution < 1.29 is 9.72 Å². The zero-order valence-electron chi connectivity index (χ0n) is 8.03. The standard InChI is InChI=1S/C5H5N.C4H4N2O3/c1-2-4-6-5-3-1;1-3(7)4(2-5)6(8)9/h1-5H;4H,1H3. The van der Waals surface area contributed by atoms with Crippen molar-refractivity contribution in [1.82, 2.24) is 4.98 Å². The molecule has 0 spiro atoms. The smallest absolute Gasteiger partial charge is 0.291 e. The molecule has 0 aliphatic heterocycles. The Morgan fingerprint density at radius 3 is 2.07 bits per heavy atom.